The molecule has 3 atom stereocenters. The van der Waals surface area contributed by atoms with Gasteiger partial charge < -0.3 is 33.2 Å². The molecule has 1 aromatic carbocycles. The summed E-state index contributed by atoms with van der Waals surface area (Å²) in [5.41, 5.74) is 0.320. The molecule has 0 saturated carbocycles. The minimum absolute atomic E-state index is 0.00315. The first kappa shape index (κ1) is 26.0. The Kier molecular flexibility index (Phi) is 11.9. The number of carbonyl (C=O) groups excluding carboxylic acids is 2. The zero-order chi connectivity index (χ0) is 23.2. The molecule has 178 valence electrons. The number of methoxy groups -OCH3 is 3. The van der Waals surface area contributed by atoms with Crippen LogP contribution in [0.2, 0.25) is 0 Å². The van der Waals surface area contributed by atoms with Crippen LogP contribution in [0.1, 0.15) is 36.0 Å². The third kappa shape index (κ3) is 8.33. The van der Waals surface area contributed by atoms with E-state index in [-0.39, 0.29) is 32.3 Å². The molecular weight excluding hydrogens is 420 g/mol. The minimum atomic E-state index is -0.848. The van der Waals surface area contributed by atoms with Gasteiger partial charge in [-0.05, 0) is 43.9 Å². The lowest BCUT2D eigenvalue weighted by Crippen LogP contribution is -2.39. The van der Waals surface area contributed by atoms with Crippen LogP contribution >= 0.6 is 0 Å². The van der Waals surface area contributed by atoms with Crippen molar-refractivity contribution in [2.24, 2.45) is 0 Å². The molecule has 1 aliphatic rings. The summed E-state index contributed by atoms with van der Waals surface area (Å²) in [7, 11) is 4.49. The third-order valence-corrected chi connectivity index (χ3v) is 4.81. The Morgan fingerprint density at radius 3 is 2.41 bits per heavy atom. The van der Waals surface area contributed by atoms with Gasteiger partial charge in [-0.3, -0.25) is 4.79 Å². The molecule has 1 aliphatic carbocycles. The molecule has 0 radical (unpaired) electrons. The summed E-state index contributed by atoms with van der Waals surface area (Å²) in [5, 5.41) is 0. The van der Waals surface area contributed by atoms with Crippen molar-refractivity contribution >= 4 is 11.8 Å². The van der Waals surface area contributed by atoms with E-state index in [0.29, 0.717) is 37.0 Å². The Labute approximate surface area is 188 Å². The second-order valence-corrected chi connectivity index (χ2v) is 7.14. The zero-order valence-corrected chi connectivity index (χ0v) is 18.8. The molecule has 9 nitrogen and oxygen atoms in total. The van der Waals surface area contributed by atoms with E-state index in [9.17, 15) is 9.59 Å². The van der Waals surface area contributed by atoms with Crippen LogP contribution in [-0.4, -0.2) is 71.8 Å². The first-order chi connectivity index (χ1) is 15.6. The van der Waals surface area contributed by atoms with Crippen molar-refractivity contribution < 1.29 is 42.7 Å². The van der Waals surface area contributed by atoms with Crippen LogP contribution in [0.15, 0.2) is 36.4 Å². The normalized spacial score (nSPS) is 21.8. The van der Waals surface area contributed by atoms with E-state index in [1.165, 1.54) is 27.4 Å². The number of hydrogen-bond acceptors (Lipinski definition) is 9. The van der Waals surface area contributed by atoms with Gasteiger partial charge >= 0.3 is 5.97 Å². The molecule has 32 heavy (non-hydrogen) atoms. The number of benzene rings is 1. The number of ether oxygens (including phenoxy) is 7. The second-order valence-electron chi connectivity index (χ2n) is 7.14. The van der Waals surface area contributed by atoms with Crippen molar-refractivity contribution in [3.05, 3.63) is 42.0 Å². The van der Waals surface area contributed by atoms with Crippen LogP contribution in [-0.2, 0) is 33.2 Å². The summed E-state index contributed by atoms with van der Waals surface area (Å²) in [4.78, 5) is 25.4. The maximum absolute atomic E-state index is 12.9. The monoisotopic (exact) mass is 452 g/mol. The maximum atomic E-state index is 12.9. The predicted molar refractivity (Wildman–Crippen MR) is 114 cm³/mol. The highest BCUT2D eigenvalue weighted by atomic mass is 16.7. The molecule has 0 saturated heterocycles. The van der Waals surface area contributed by atoms with Gasteiger partial charge in [0.15, 0.2) is 12.6 Å². The first-order valence-corrected chi connectivity index (χ1v) is 10.4. The number of esters is 1. The lowest BCUT2D eigenvalue weighted by molar-refractivity contribution is -0.169. The van der Waals surface area contributed by atoms with Crippen LogP contribution < -0.4 is 4.74 Å². The van der Waals surface area contributed by atoms with Gasteiger partial charge in [0.25, 0.3) is 0 Å². The van der Waals surface area contributed by atoms with Crippen LogP contribution in [0, 0.1) is 0 Å². The molecule has 0 aromatic heterocycles. The van der Waals surface area contributed by atoms with E-state index in [1.54, 1.807) is 30.3 Å². The number of hydrogen-bond donors (Lipinski definition) is 0. The van der Waals surface area contributed by atoms with Gasteiger partial charge in [0.1, 0.15) is 37.1 Å². The van der Waals surface area contributed by atoms with Gasteiger partial charge in [0, 0.05) is 21.3 Å². The Balaban J connectivity index is 2.12. The van der Waals surface area contributed by atoms with E-state index in [0.717, 1.165) is 0 Å². The molecule has 0 aliphatic heterocycles. The van der Waals surface area contributed by atoms with Crippen molar-refractivity contribution in [3.8, 4) is 5.75 Å². The fraction of sp³-hybridized carbons (Fsp3) is 0.565. The molecule has 0 bridgehead atoms. The number of para-hydroxylation sites is 1. The third-order valence-electron chi connectivity index (χ3n) is 4.81. The van der Waals surface area contributed by atoms with E-state index in [1.807, 2.05) is 0 Å². The highest BCUT2D eigenvalue weighted by Crippen LogP contribution is 2.24. The summed E-state index contributed by atoms with van der Waals surface area (Å²) in [5.74, 6) is -0.303. The van der Waals surface area contributed by atoms with E-state index in [2.05, 4.69) is 0 Å². The summed E-state index contributed by atoms with van der Waals surface area (Å²) >= 11 is 0. The van der Waals surface area contributed by atoms with Crippen molar-refractivity contribution in [1.82, 2.24) is 0 Å². The van der Waals surface area contributed by atoms with Gasteiger partial charge in [0.2, 0.25) is 0 Å². The first-order valence-electron chi connectivity index (χ1n) is 10.4. The van der Waals surface area contributed by atoms with Gasteiger partial charge in [-0.15, -0.1) is 0 Å². The lowest BCUT2D eigenvalue weighted by atomic mass is 9.97. The van der Waals surface area contributed by atoms with Crippen LogP contribution in [0.25, 0.3) is 0 Å². The van der Waals surface area contributed by atoms with Gasteiger partial charge in [-0.1, -0.05) is 18.2 Å². The topological polar surface area (TPSA) is 98.8 Å². The largest absolute Gasteiger partial charge is 0.467 e. The van der Waals surface area contributed by atoms with E-state index >= 15 is 0 Å². The molecule has 1 aromatic rings. The molecular formula is C23H32O9. The molecule has 0 fully saturated rings. The summed E-state index contributed by atoms with van der Waals surface area (Å²) in [6, 6.07) is 6.84. The van der Waals surface area contributed by atoms with Crippen molar-refractivity contribution in [2.75, 3.05) is 41.7 Å². The van der Waals surface area contributed by atoms with Crippen LogP contribution in [0.3, 0.4) is 0 Å². The Bertz CT molecular complexity index is 734. The molecule has 3 unspecified atom stereocenters. The molecule has 0 amide bonds. The lowest BCUT2D eigenvalue weighted by Gasteiger charge is -2.28. The molecule has 2 rings (SSSR count). The smallest absolute Gasteiger partial charge is 0.342 e. The van der Waals surface area contributed by atoms with E-state index in [4.69, 9.17) is 33.2 Å². The molecule has 9 heteroatoms. The Morgan fingerprint density at radius 2 is 1.66 bits per heavy atom. The molecule has 0 N–H and O–H groups in total. The van der Waals surface area contributed by atoms with Crippen molar-refractivity contribution in [2.45, 2.75) is 44.0 Å². The number of ketones is 1. The second kappa shape index (κ2) is 14.7. The average Bonchev–Trinajstić information content (AvgIpc) is 2.81. The highest BCUT2D eigenvalue weighted by molar-refractivity contribution is 5.94. The van der Waals surface area contributed by atoms with Gasteiger partial charge in [0.05, 0.1) is 6.10 Å². The van der Waals surface area contributed by atoms with Crippen LogP contribution in [0.4, 0.5) is 0 Å². The van der Waals surface area contributed by atoms with Gasteiger partial charge in [-0.25, -0.2) is 4.79 Å². The Morgan fingerprint density at radius 1 is 0.938 bits per heavy atom. The fourth-order valence-corrected chi connectivity index (χ4v) is 3.28. The highest BCUT2D eigenvalue weighted by Gasteiger charge is 2.31. The maximum Gasteiger partial charge on any atom is 0.342 e. The van der Waals surface area contributed by atoms with Gasteiger partial charge in [-0.2, -0.15) is 0 Å². The van der Waals surface area contributed by atoms with E-state index < -0.39 is 18.2 Å². The SMILES string of the molecule is COCOc1ccccc1C(=O)OC1CCC=CC(=O)C(OCOC)C(OCOC)CC1. The van der Waals surface area contributed by atoms with Crippen LogP contribution in [0.5, 0.6) is 5.75 Å². The standard InChI is InChI=1S/C23H32O9/c1-26-14-29-20-11-7-5-9-18(20)23(25)32-17-8-4-6-10-19(24)22(31-16-28-3)21(13-12-17)30-15-27-2/h5-7,9-11,17,21-22H,4,8,12-16H2,1-3H3. The Hall–Kier alpha value is -2.30. The number of allylic oxidation sites excluding steroid dienone is 1. The quantitative estimate of drug-likeness (QED) is 0.371. The zero-order valence-electron chi connectivity index (χ0n) is 18.8. The minimum Gasteiger partial charge on any atom is -0.467 e. The summed E-state index contributed by atoms with van der Waals surface area (Å²) in [6.45, 7) is -0.0230. The predicted octanol–water partition coefficient (Wildman–Crippen LogP) is 2.87. The summed E-state index contributed by atoms with van der Waals surface area (Å²) < 4.78 is 37.5. The fourth-order valence-electron chi connectivity index (χ4n) is 3.28. The number of carbonyl (C=O) groups is 2. The van der Waals surface area contributed by atoms with Crippen molar-refractivity contribution in [3.63, 3.8) is 0 Å². The number of rotatable bonds is 11. The average molecular weight is 453 g/mol. The molecule has 0 spiro atoms. The summed E-state index contributed by atoms with van der Waals surface area (Å²) in [6.07, 6.45) is 3.46. The molecule has 0 heterocycles. The van der Waals surface area contributed by atoms with Crippen molar-refractivity contribution in [1.29, 1.82) is 0 Å².